The minimum absolute atomic E-state index is 1.13. The highest BCUT2D eigenvalue weighted by molar-refractivity contribution is 7.13. The molecule has 2 rings (SSSR count). The third-order valence-corrected chi connectivity index (χ3v) is 2.14. The molecular formula is C8H5OS. The largest absolute Gasteiger partial charge is 0.472 e. The maximum absolute atomic E-state index is 4.93. The molecule has 0 aliphatic heterocycles. The van der Waals surface area contributed by atoms with Crippen molar-refractivity contribution >= 4 is 11.3 Å². The first-order chi connectivity index (χ1) is 4.97. The smallest absolute Gasteiger partial charge is 0.0989 e. The fraction of sp³-hybridized carbons (Fsp3) is 0. The Labute approximate surface area is 62.9 Å². The monoisotopic (exact) mass is 149 g/mol. The average molecular weight is 149 g/mol. The summed E-state index contributed by atoms with van der Waals surface area (Å²) in [5.74, 6) is 0. The molecule has 49 valence electrons. The lowest BCUT2D eigenvalue weighted by atomic mass is 10.3. The van der Waals surface area contributed by atoms with Crippen LogP contribution in [0.15, 0.2) is 34.5 Å². The maximum atomic E-state index is 4.93. The molecule has 0 spiro atoms. The zero-order valence-corrected chi connectivity index (χ0v) is 6.02. The van der Waals surface area contributed by atoms with Crippen LogP contribution in [0.2, 0.25) is 0 Å². The van der Waals surface area contributed by atoms with Crippen molar-refractivity contribution in [3.63, 3.8) is 0 Å². The quantitative estimate of drug-likeness (QED) is 0.607. The third-order valence-electron chi connectivity index (χ3n) is 1.27. The van der Waals surface area contributed by atoms with Crippen LogP contribution >= 0.6 is 11.3 Å². The molecule has 0 unspecified atom stereocenters. The molecule has 0 aliphatic rings. The molecule has 1 nitrogen and oxygen atoms in total. The number of furan rings is 1. The van der Waals surface area contributed by atoms with E-state index in [0.29, 0.717) is 0 Å². The van der Waals surface area contributed by atoms with Crippen LogP contribution in [0.25, 0.3) is 10.4 Å². The standard InChI is InChI=1S/C8H5OS/c1-2-8(10-5-1)7-3-4-9-6-7/h2-6H. The van der Waals surface area contributed by atoms with Crippen LogP contribution in [0.4, 0.5) is 0 Å². The molecule has 0 saturated carbocycles. The van der Waals surface area contributed by atoms with E-state index >= 15 is 0 Å². The van der Waals surface area contributed by atoms with E-state index in [0.717, 1.165) is 5.56 Å². The molecule has 0 fully saturated rings. The first-order valence-electron chi connectivity index (χ1n) is 2.94. The van der Waals surface area contributed by atoms with E-state index in [1.54, 1.807) is 23.9 Å². The summed E-state index contributed by atoms with van der Waals surface area (Å²) in [6.07, 6.45) is 3.41. The Morgan fingerprint density at radius 3 is 3.10 bits per heavy atom. The Bertz CT molecular complexity index is 249. The van der Waals surface area contributed by atoms with Gasteiger partial charge in [-0.05, 0) is 23.6 Å². The zero-order valence-electron chi connectivity index (χ0n) is 5.20. The van der Waals surface area contributed by atoms with Gasteiger partial charge >= 0.3 is 0 Å². The van der Waals surface area contributed by atoms with Crippen molar-refractivity contribution in [3.8, 4) is 10.4 Å². The van der Waals surface area contributed by atoms with E-state index < -0.39 is 0 Å². The van der Waals surface area contributed by atoms with Gasteiger partial charge in [-0.1, -0.05) is 0 Å². The topological polar surface area (TPSA) is 13.1 Å². The molecular weight excluding hydrogens is 144 g/mol. The lowest BCUT2D eigenvalue weighted by Crippen LogP contribution is -1.58. The highest BCUT2D eigenvalue weighted by Gasteiger charge is 1.97. The van der Waals surface area contributed by atoms with Crippen LogP contribution in [-0.4, -0.2) is 0 Å². The summed E-state index contributed by atoms with van der Waals surface area (Å²) >= 11 is 1.67. The normalized spacial score (nSPS) is 10.0. The summed E-state index contributed by atoms with van der Waals surface area (Å²) in [7, 11) is 0. The van der Waals surface area contributed by atoms with Crippen LogP contribution in [0.1, 0.15) is 0 Å². The fourth-order valence-electron chi connectivity index (χ4n) is 0.797. The van der Waals surface area contributed by atoms with Crippen molar-refractivity contribution in [1.29, 1.82) is 0 Å². The first kappa shape index (κ1) is 5.74. The Morgan fingerprint density at radius 1 is 1.50 bits per heavy atom. The van der Waals surface area contributed by atoms with E-state index in [1.807, 2.05) is 17.5 Å². The second-order valence-corrected chi connectivity index (χ2v) is 2.83. The van der Waals surface area contributed by atoms with Crippen molar-refractivity contribution in [1.82, 2.24) is 0 Å². The van der Waals surface area contributed by atoms with Gasteiger partial charge in [0.15, 0.2) is 0 Å². The van der Waals surface area contributed by atoms with E-state index in [2.05, 4.69) is 6.07 Å². The summed E-state index contributed by atoms with van der Waals surface area (Å²) < 4.78 is 4.93. The Balaban J connectivity index is 2.48. The number of hydrogen-bond acceptors (Lipinski definition) is 2. The second-order valence-electron chi connectivity index (χ2n) is 1.92. The maximum Gasteiger partial charge on any atom is 0.0989 e. The Kier molecular flexibility index (Phi) is 1.32. The van der Waals surface area contributed by atoms with Gasteiger partial charge in [0.25, 0.3) is 0 Å². The second kappa shape index (κ2) is 2.31. The molecule has 0 bridgehead atoms. The summed E-state index contributed by atoms with van der Waals surface area (Å²) in [5.41, 5.74) is 1.13. The lowest BCUT2D eigenvalue weighted by Gasteiger charge is -1.83. The van der Waals surface area contributed by atoms with Crippen LogP contribution in [0.3, 0.4) is 0 Å². The Morgan fingerprint density at radius 2 is 2.50 bits per heavy atom. The van der Waals surface area contributed by atoms with Gasteiger partial charge in [-0.15, -0.1) is 11.3 Å². The Hall–Kier alpha value is -1.02. The molecule has 2 heteroatoms. The van der Waals surface area contributed by atoms with Gasteiger partial charge in [0, 0.05) is 10.4 Å². The van der Waals surface area contributed by atoms with E-state index in [-0.39, 0.29) is 0 Å². The zero-order chi connectivity index (χ0) is 6.81. The van der Waals surface area contributed by atoms with E-state index in [1.165, 1.54) is 4.88 Å². The van der Waals surface area contributed by atoms with E-state index in [9.17, 15) is 0 Å². The summed E-state index contributed by atoms with van der Waals surface area (Å²) in [5, 5.41) is 1.93. The van der Waals surface area contributed by atoms with Crippen LogP contribution in [0.5, 0.6) is 0 Å². The highest BCUT2D eigenvalue weighted by atomic mass is 32.1. The van der Waals surface area contributed by atoms with Crippen molar-refractivity contribution in [3.05, 3.63) is 36.1 Å². The van der Waals surface area contributed by atoms with Gasteiger partial charge < -0.3 is 4.42 Å². The number of thiophene rings is 1. The predicted octanol–water partition coefficient (Wildman–Crippen LogP) is 2.81. The molecule has 0 N–H and O–H groups in total. The molecule has 2 aromatic heterocycles. The molecule has 0 atom stereocenters. The van der Waals surface area contributed by atoms with Gasteiger partial charge in [0.1, 0.15) is 0 Å². The van der Waals surface area contributed by atoms with Crippen molar-refractivity contribution in [2.75, 3.05) is 0 Å². The van der Waals surface area contributed by atoms with Crippen LogP contribution in [0, 0.1) is 6.07 Å². The van der Waals surface area contributed by atoms with Crippen molar-refractivity contribution in [2.45, 2.75) is 0 Å². The summed E-state index contributed by atoms with van der Waals surface area (Å²) in [6.45, 7) is 0. The SMILES string of the molecule is [c]1csc(-c2ccoc2)c1. The molecule has 0 aromatic carbocycles. The third kappa shape index (κ3) is 0.866. The van der Waals surface area contributed by atoms with Gasteiger partial charge in [-0.25, -0.2) is 0 Å². The molecule has 2 aromatic rings. The minimum atomic E-state index is 1.13. The molecule has 2 heterocycles. The van der Waals surface area contributed by atoms with Gasteiger partial charge in [0.2, 0.25) is 0 Å². The van der Waals surface area contributed by atoms with Crippen molar-refractivity contribution in [2.24, 2.45) is 0 Å². The van der Waals surface area contributed by atoms with Gasteiger partial charge in [-0.2, -0.15) is 0 Å². The lowest BCUT2D eigenvalue weighted by molar-refractivity contribution is 0.568. The van der Waals surface area contributed by atoms with Crippen molar-refractivity contribution < 1.29 is 4.42 Å². The molecule has 10 heavy (non-hydrogen) atoms. The molecule has 0 amide bonds. The number of hydrogen-bond donors (Lipinski definition) is 0. The first-order valence-corrected chi connectivity index (χ1v) is 3.82. The molecule has 1 radical (unpaired) electrons. The van der Waals surface area contributed by atoms with Gasteiger partial charge in [-0.3, -0.25) is 0 Å². The number of rotatable bonds is 1. The van der Waals surface area contributed by atoms with Crippen LogP contribution in [-0.2, 0) is 0 Å². The summed E-state index contributed by atoms with van der Waals surface area (Å²) in [6, 6.07) is 6.89. The fourth-order valence-corrected chi connectivity index (χ4v) is 1.45. The van der Waals surface area contributed by atoms with E-state index in [4.69, 9.17) is 4.42 Å². The minimum Gasteiger partial charge on any atom is -0.472 e. The molecule has 0 aliphatic carbocycles. The summed E-state index contributed by atoms with van der Waals surface area (Å²) in [4.78, 5) is 1.20. The average Bonchev–Trinajstić information content (AvgIpc) is 2.59. The molecule has 0 saturated heterocycles. The van der Waals surface area contributed by atoms with Crippen LogP contribution < -0.4 is 0 Å². The van der Waals surface area contributed by atoms with Gasteiger partial charge in [0.05, 0.1) is 12.5 Å². The highest BCUT2D eigenvalue weighted by Crippen LogP contribution is 2.23. The predicted molar refractivity (Wildman–Crippen MR) is 40.9 cm³/mol.